The smallest absolute Gasteiger partial charge is 0.417 e. The summed E-state index contributed by atoms with van der Waals surface area (Å²) in [6.45, 7) is 0.628. The van der Waals surface area contributed by atoms with E-state index in [1.807, 2.05) is 17.0 Å². The maximum Gasteiger partial charge on any atom is 0.417 e. The molecule has 3 atom stereocenters. The summed E-state index contributed by atoms with van der Waals surface area (Å²) in [4.78, 5) is 26.7. The number of nitrogens with zero attached hydrogens (tertiary/aromatic N) is 3. The van der Waals surface area contributed by atoms with Gasteiger partial charge in [0.2, 0.25) is 5.88 Å². The van der Waals surface area contributed by atoms with Gasteiger partial charge in [0.05, 0.1) is 28.6 Å². The summed E-state index contributed by atoms with van der Waals surface area (Å²) in [6, 6.07) is 9.24. The van der Waals surface area contributed by atoms with Crippen LogP contribution in [-0.4, -0.2) is 44.4 Å². The lowest BCUT2D eigenvalue weighted by Gasteiger charge is -2.49. The van der Waals surface area contributed by atoms with E-state index >= 15 is 0 Å². The number of amides is 1. The van der Waals surface area contributed by atoms with Gasteiger partial charge < -0.3 is 14.6 Å². The Morgan fingerprint density at radius 3 is 2.69 bits per heavy atom. The van der Waals surface area contributed by atoms with Crippen molar-refractivity contribution in [1.82, 2.24) is 19.9 Å². The van der Waals surface area contributed by atoms with Crippen LogP contribution in [0.4, 0.5) is 13.2 Å². The normalized spacial score (nSPS) is 22.7. The summed E-state index contributed by atoms with van der Waals surface area (Å²) in [5.74, 6) is 0.288. The van der Waals surface area contributed by atoms with E-state index in [0.29, 0.717) is 17.8 Å². The highest BCUT2D eigenvalue weighted by Gasteiger charge is 2.45. The van der Waals surface area contributed by atoms with Crippen LogP contribution in [0.25, 0.3) is 11.4 Å². The Bertz CT molecular complexity index is 1100. The summed E-state index contributed by atoms with van der Waals surface area (Å²) >= 11 is 0. The van der Waals surface area contributed by atoms with Crippen molar-refractivity contribution in [3.8, 4) is 17.3 Å². The highest BCUT2D eigenvalue weighted by molar-refractivity contribution is 5.99. The Kier molecular flexibility index (Phi) is 5.11. The molecule has 9 heteroatoms. The molecule has 0 radical (unpaired) electrons. The molecule has 0 aromatic carbocycles. The Balaban J connectivity index is 1.37. The number of ether oxygens (including phenoxy) is 1. The number of piperidine rings is 2. The molecule has 1 N–H and O–H groups in total. The number of nitrogens with one attached hydrogen (secondary N) is 1. The fraction of sp³-hybridized carbons (Fsp3) is 0.348. The number of H-pyrrole nitrogens is 1. The van der Waals surface area contributed by atoms with Crippen molar-refractivity contribution in [2.24, 2.45) is 5.92 Å². The zero-order chi connectivity index (χ0) is 22.3. The lowest BCUT2D eigenvalue weighted by atomic mass is 9.77. The molecule has 32 heavy (non-hydrogen) atoms. The molecule has 3 aromatic rings. The standard InChI is InChI=1S/C23H21F3N4O2/c24-23(25,26)15-6-8-20(29-12-15)32-19-11-14-5-7-18(19)30(13-14)22(31)16-3-1-10-28-21(16)17-4-2-9-27-17/h1-4,6,8-10,12,14,18-19,27H,5,7,11,13H2/t14-,18-,19+/m0/s1. The number of pyridine rings is 2. The van der Waals surface area contributed by atoms with Crippen molar-refractivity contribution in [1.29, 1.82) is 0 Å². The minimum absolute atomic E-state index is 0.119. The van der Waals surface area contributed by atoms with Crippen molar-refractivity contribution < 1.29 is 22.7 Å². The van der Waals surface area contributed by atoms with E-state index in [1.165, 1.54) is 6.07 Å². The molecule has 6 rings (SSSR count). The largest absolute Gasteiger partial charge is 0.472 e. The molecule has 5 heterocycles. The number of rotatable bonds is 4. The van der Waals surface area contributed by atoms with Crippen molar-refractivity contribution in [3.05, 3.63) is 66.1 Å². The monoisotopic (exact) mass is 442 g/mol. The number of carbonyl (C=O) groups excluding carboxylic acids is 1. The van der Waals surface area contributed by atoms with Crippen LogP contribution >= 0.6 is 0 Å². The Labute approximate surface area is 182 Å². The topological polar surface area (TPSA) is 71.1 Å². The Morgan fingerprint density at radius 2 is 2.00 bits per heavy atom. The zero-order valence-corrected chi connectivity index (χ0v) is 17.0. The van der Waals surface area contributed by atoms with Crippen LogP contribution in [-0.2, 0) is 6.18 Å². The van der Waals surface area contributed by atoms with Crippen LogP contribution in [0.15, 0.2) is 55.0 Å². The van der Waals surface area contributed by atoms with E-state index in [2.05, 4.69) is 15.0 Å². The van der Waals surface area contributed by atoms with E-state index in [4.69, 9.17) is 4.74 Å². The van der Waals surface area contributed by atoms with E-state index in [9.17, 15) is 18.0 Å². The van der Waals surface area contributed by atoms with Crippen LogP contribution in [0.2, 0.25) is 0 Å². The van der Waals surface area contributed by atoms with Crippen LogP contribution < -0.4 is 4.74 Å². The number of alkyl halides is 3. The van der Waals surface area contributed by atoms with Gasteiger partial charge in [0.1, 0.15) is 6.10 Å². The molecule has 3 aliphatic rings. The van der Waals surface area contributed by atoms with Gasteiger partial charge in [-0.05, 0) is 55.5 Å². The van der Waals surface area contributed by atoms with E-state index in [-0.39, 0.29) is 29.9 Å². The fourth-order valence-electron chi connectivity index (χ4n) is 4.69. The van der Waals surface area contributed by atoms with Gasteiger partial charge in [-0.1, -0.05) is 0 Å². The Morgan fingerprint density at radius 1 is 1.12 bits per heavy atom. The number of aromatic amines is 1. The van der Waals surface area contributed by atoms with Crippen LogP contribution in [0.3, 0.4) is 0 Å². The third kappa shape index (κ3) is 3.83. The lowest BCUT2D eigenvalue weighted by molar-refractivity contribution is -0.137. The maximum absolute atomic E-state index is 13.5. The number of hydrogen-bond acceptors (Lipinski definition) is 4. The van der Waals surface area contributed by atoms with Crippen molar-refractivity contribution >= 4 is 5.91 Å². The summed E-state index contributed by atoms with van der Waals surface area (Å²) < 4.78 is 44.4. The molecule has 2 aliphatic heterocycles. The van der Waals surface area contributed by atoms with Crippen molar-refractivity contribution in [3.63, 3.8) is 0 Å². The highest BCUT2D eigenvalue weighted by atomic mass is 19.4. The predicted octanol–water partition coefficient (Wildman–Crippen LogP) is 4.56. The van der Waals surface area contributed by atoms with Gasteiger partial charge in [0.15, 0.2) is 0 Å². The SMILES string of the molecule is O=C(c1cccnc1-c1ccc[nH]1)N1C[C@H]2CC[C@H]1[C@H](Oc1ccc(C(F)(F)F)cn1)C2. The molecule has 1 aliphatic carbocycles. The highest BCUT2D eigenvalue weighted by Crippen LogP contribution is 2.39. The molecule has 1 amide bonds. The second-order valence-electron chi connectivity index (χ2n) is 8.23. The van der Waals surface area contributed by atoms with Crippen LogP contribution in [0, 0.1) is 5.92 Å². The van der Waals surface area contributed by atoms with Gasteiger partial charge in [-0.25, -0.2) is 4.98 Å². The molecule has 0 unspecified atom stereocenters. The molecule has 1 saturated carbocycles. The van der Waals surface area contributed by atoms with E-state index < -0.39 is 11.7 Å². The average molecular weight is 442 g/mol. The number of fused-ring (bicyclic) bond motifs is 3. The number of carbonyl (C=O) groups is 1. The van der Waals surface area contributed by atoms with Gasteiger partial charge in [-0.15, -0.1) is 0 Å². The first-order valence-electron chi connectivity index (χ1n) is 10.5. The zero-order valence-electron chi connectivity index (χ0n) is 17.0. The average Bonchev–Trinajstić information content (AvgIpc) is 3.33. The number of hydrogen-bond donors (Lipinski definition) is 1. The second kappa shape index (κ2) is 7.96. The minimum Gasteiger partial charge on any atom is -0.472 e. The third-order valence-electron chi connectivity index (χ3n) is 6.21. The van der Waals surface area contributed by atoms with Gasteiger partial charge in [0.25, 0.3) is 5.91 Å². The minimum atomic E-state index is -4.45. The van der Waals surface area contributed by atoms with Gasteiger partial charge in [-0.3, -0.25) is 9.78 Å². The molecule has 166 valence electrons. The summed E-state index contributed by atoms with van der Waals surface area (Å²) in [5, 5.41) is 0. The Hall–Kier alpha value is -3.36. The quantitative estimate of drug-likeness (QED) is 0.643. The summed E-state index contributed by atoms with van der Waals surface area (Å²) in [6.07, 6.45) is 1.95. The molecular weight excluding hydrogens is 421 g/mol. The molecule has 6 nitrogen and oxygen atoms in total. The number of aromatic nitrogens is 3. The third-order valence-corrected chi connectivity index (χ3v) is 6.21. The molecule has 2 bridgehead atoms. The molecule has 2 saturated heterocycles. The lowest BCUT2D eigenvalue weighted by Crippen LogP contribution is -2.59. The van der Waals surface area contributed by atoms with Crippen molar-refractivity contribution in [2.45, 2.75) is 37.6 Å². The van der Waals surface area contributed by atoms with Gasteiger partial charge in [0, 0.05) is 31.2 Å². The first-order chi connectivity index (χ1) is 15.4. The van der Waals surface area contributed by atoms with Gasteiger partial charge in [-0.2, -0.15) is 13.2 Å². The molecule has 3 fully saturated rings. The molecular formula is C23H21F3N4O2. The predicted molar refractivity (Wildman–Crippen MR) is 110 cm³/mol. The fourth-order valence-corrected chi connectivity index (χ4v) is 4.69. The second-order valence-corrected chi connectivity index (χ2v) is 8.23. The number of halogens is 3. The molecule has 0 spiro atoms. The summed E-state index contributed by atoms with van der Waals surface area (Å²) in [5.41, 5.74) is 1.04. The summed E-state index contributed by atoms with van der Waals surface area (Å²) in [7, 11) is 0. The molecule has 3 aromatic heterocycles. The van der Waals surface area contributed by atoms with Crippen molar-refractivity contribution in [2.75, 3.05) is 6.54 Å². The van der Waals surface area contributed by atoms with E-state index in [0.717, 1.165) is 37.2 Å². The van der Waals surface area contributed by atoms with Gasteiger partial charge >= 0.3 is 6.18 Å². The van der Waals surface area contributed by atoms with Crippen LogP contribution in [0.1, 0.15) is 35.2 Å². The first kappa shape index (κ1) is 20.5. The first-order valence-corrected chi connectivity index (χ1v) is 10.5. The van der Waals surface area contributed by atoms with Crippen LogP contribution in [0.5, 0.6) is 5.88 Å². The maximum atomic E-state index is 13.5. The van der Waals surface area contributed by atoms with E-state index in [1.54, 1.807) is 24.5 Å².